The van der Waals surface area contributed by atoms with Crippen molar-refractivity contribution < 1.29 is 58.2 Å². The lowest BCUT2D eigenvalue weighted by atomic mass is 9.49. The number of fused-ring (bicyclic) bond motifs is 5. The number of esters is 4. The molecule has 48 heavy (non-hydrogen) atoms. The molecule has 0 radical (unpaired) electrons. The summed E-state index contributed by atoms with van der Waals surface area (Å²) >= 11 is 0. The minimum absolute atomic E-state index is 0.0916. The van der Waals surface area contributed by atoms with Gasteiger partial charge in [0.1, 0.15) is 17.8 Å². The van der Waals surface area contributed by atoms with Gasteiger partial charge in [0, 0.05) is 64.1 Å². The van der Waals surface area contributed by atoms with Gasteiger partial charge in [0.25, 0.3) is 0 Å². The van der Waals surface area contributed by atoms with Crippen molar-refractivity contribution in [3.8, 4) is 0 Å². The second-order valence-electron chi connectivity index (χ2n) is 16.6. The van der Waals surface area contributed by atoms with Gasteiger partial charge in [-0.15, -0.1) is 0 Å². The molecule has 0 aromatic rings. The molecule has 7 fully saturated rings. The summed E-state index contributed by atoms with van der Waals surface area (Å²) < 4.78 is 30.7. The Morgan fingerprint density at radius 1 is 0.833 bits per heavy atom. The molecule has 1 spiro atoms. The Kier molecular flexibility index (Phi) is 7.71. The molecule has 3 saturated heterocycles. The molecule has 4 bridgehead atoms. The van der Waals surface area contributed by atoms with Crippen molar-refractivity contribution in [3.05, 3.63) is 0 Å². The van der Waals surface area contributed by atoms with Crippen LogP contribution in [0.1, 0.15) is 87.0 Å². The number of ether oxygens (including phenoxy) is 5. The van der Waals surface area contributed by atoms with E-state index in [1.54, 1.807) is 6.92 Å². The van der Waals surface area contributed by atoms with Crippen LogP contribution < -0.4 is 0 Å². The van der Waals surface area contributed by atoms with Gasteiger partial charge >= 0.3 is 23.9 Å². The van der Waals surface area contributed by atoms with E-state index in [4.69, 9.17) is 23.7 Å². The topological polar surface area (TPSA) is 178 Å². The minimum Gasteiger partial charge on any atom is -0.462 e. The zero-order valence-corrected chi connectivity index (χ0v) is 29.0. The SMILES string of the molecule is CC(=O)OC1[C@H]2C(CN3CC(C)CC[C@H]3[C@@]2(C)O)[C@@H]2C[C@]34O[C@]5(O)C(OC(C)=O)CCC3(C)C5C[C@@H](OC(C)=O)C4[C@]2(O)[C@H]1OC(C)=O. The van der Waals surface area contributed by atoms with Crippen molar-refractivity contribution in [1.82, 2.24) is 4.90 Å². The Balaban J connectivity index is 1.45. The highest BCUT2D eigenvalue weighted by molar-refractivity contribution is 5.68. The molecule has 7 unspecified atom stereocenters. The van der Waals surface area contributed by atoms with Gasteiger partial charge in [-0.1, -0.05) is 13.8 Å². The Labute approximate surface area is 280 Å². The Hall–Kier alpha value is -2.32. The van der Waals surface area contributed by atoms with Crippen LogP contribution in [0, 0.1) is 40.9 Å². The molecule has 13 nitrogen and oxygen atoms in total. The van der Waals surface area contributed by atoms with Crippen LogP contribution in [0.15, 0.2) is 0 Å². The second kappa shape index (κ2) is 10.8. The first-order chi connectivity index (χ1) is 22.3. The number of hydrogen-bond donors (Lipinski definition) is 3. The fourth-order valence-corrected chi connectivity index (χ4v) is 12.6. The lowest BCUT2D eigenvalue weighted by molar-refractivity contribution is -0.300. The van der Waals surface area contributed by atoms with Crippen molar-refractivity contribution in [2.24, 2.45) is 40.9 Å². The van der Waals surface area contributed by atoms with E-state index in [9.17, 15) is 34.5 Å². The van der Waals surface area contributed by atoms with Crippen LogP contribution in [0.5, 0.6) is 0 Å². The highest BCUT2D eigenvalue weighted by Gasteiger charge is 2.88. The molecule has 0 amide bonds. The zero-order chi connectivity index (χ0) is 34.9. The average Bonchev–Trinajstić information content (AvgIpc) is 3.23. The molecule has 0 aromatic heterocycles. The summed E-state index contributed by atoms with van der Waals surface area (Å²) in [6.45, 7) is 12.2. The van der Waals surface area contributed by atoms with Crippen molar-refractivity contribution >= 4 is 23.9 Å². The number of hydrogen-bond acceptors (Lipinski definition) is 13. The van der Waals surface area contributed by atoms with Crippen LogP contribution in [-0.2, 0) is 42.9 Å². The quantitative estimate of drug-likeness (QED) is 0.288. The first-order valence-corrected chi connectivity index (χ1v) is 17.6. The molecular weight excluding hydrogens is 626 g/mol. The van der Waals surface area contributed by atoms with Gasteiger partial charge in [-0.25, -0.2) is 0 Å². The summed E-state index contributed by atoms with van der Waals surface area (Å²) in [4.78, 5) is 53.0. The van der Waals surface area contributed by atoms with E-state index >= 15 is 0 Å². The van der Waals surface area contributed by atoms with E-state index in [-0.39, 0.29) is 18.9 Å². The predicted octanol–water partition coefficient (Wildman–Crippen LogP) is 1.47. The standard InChI is InChI=1S/C35H51NO12/c1-16-8-9-25-32(7,41)27-21(15-36(25)14-16)22-13-33-29(34(22,42)30(47-20(5)40)28(27)46-19(4)39)23(44-17(2)37)12-24-31(33,6)11-10-26(45-18(3)38)35(24,43)48-33/h16,21-30,41-43H,8-15H2,1-7H3/t16?,21?,22-,23+,24?,25-,26?,27+,28?,29?,30-,31?,32+,33+,34-,35-/m0/s1. The van der Waals surface area contributed by atoms with Gasteiger partial charge < -0.3 is 39.0 Å². The number of rotatable bonds is 4. The maximum Gasteiger partial charge on any atom is 0.303 e. The molecule has 16 atom stereocenters. The first-order valence-electron chi connectivity index (χ1n) is 17.6. The van der Waals surface area contributed by atoms with Gasteiger partial charge in [0.2, 0.25) is 5.79 Å². The highest BCUT2D eigenvalue weighted by atomic mass is 16.7. The summed E-state index contributed by atoms with van der Waals surface area (Å²) in [5, 5.41) is 38.6. The Morgan fingerprint density at radius 2 is 1.48 bits per heavy atom. The summed E-state index contributed by atoms with van der Waals surface area (Å²) in [5.41, 5.74) is -5.48. The molecule has 268 valence electrons. The molecule has 3 heterocycles. The van der Waals surface area contributed by atoms with Gasteiger partial charge in [-0.2, -0.15) is 0 Å². The number of carbonyl (C=O) groups excluding carboxylic acids is 4. The normalized spacial score (nSPS) is 53.3. The lowest BCUT2D eigenvalue weighted by Crippen LogP contribution is -2.77. The third-order valence-corrected chi connectivity index (χ3v) is 13.9. The van der Waals surface area contributed by atoms with Gasteiger partial charge in [-0.3, -0.25) is 24.1 Å². The Morgan fingerprint density at radius 3 is 2.10 bits per heavy atom. The summed E-state index contributed by atoms with van der Waals surface area (Å²) in [6.07, 6.45) is -1.94. The largest absolute Gasteiger partial charge is 0.462 e. The number of aliphatic hydroxyl groups is 3. The van der Waals surface area contributed by atoms with Crippen LogP contribution >= 0.6 is 0 Å². The minimum atomic E-state index is -1.98. The molecule has 3 N–H and O–H groups in total. The number of carbonyl (C=O) groups is 4. The van der Waals surface area contributed by atoms with Gasteiger partial charge in [-0.05, 0) is 63.2 Å². The predicted molar refractivity (Wildman–Crippen MR) is 164 cm³/mol. The van der Waals surface area contributed by atoms with Crippen LogP contribution in [0.2, 0.25) is 0 Å². The molecule has 0 aromatic carbocycles. The zero-order valence-electron chi connectivity index (χ0n) is 29.0. The van der Waals surface area contributed by atoms with E-state index in [0.717, 1.165) is 19.4 Å². The number of nitrogens with zero attached hydrogens (tertiary/aromatic N) is 1. The first kappa shape index (κ1) is 34.1. The molecular formula is C35H51NO12. The van der Waals surface area contributed by atoms with E-state index in [1.165, 1.54) is 27.7 Å². The second-order valence-corrected chi connectivity index (χ2v) is 16.6. The fraction of sp³-hybridized carbons (Fsp3) is 0.886. The van der Waals surface area contributed by atoms with Gasteiger partial charge in [0.15, 0.2) is 12.2 Å². The van der Waals surface area contributed by atoms with E-state index in [0.29, 0.717) is 25.3 Å². The van der Waals surface area contributed by atoms with Crippen molar-refractivity contribution in [3.63, 3.8) is 0 Å². The third kappa shape index (κ3) is 4.39. The Bertz CT molecular complexity index is 1400. The van der Waals surface area contributed by atoms with Crippen LogP contribution in [-0.4, -0.2) is 110 Å². The molecule has 7 aliphatic rings. The van der Waals surface area contributed by atoms with Crippen molar-refractivity contribution in [2.75, 3.05) is 13.1 Å². The van der Waals surface area contributed by atoms with Crippen molar-refractivity contribution in [1.29, 1.82) is 0 Å². The van der Waals surface area contributed by atoms with Crippen molar-refractivity contribution in [2.45, 2.75) is 140 Å². The summed E-state index contributed by atoms with van der Waals surface area (Å²) in [5.74, 6) is -7.62. The molecule has 13 heteroatoms. The average molecular weight is 678 g/mol. The van der Waals surface area contributed by atoms with E-state index in [2.05, 4.69) is 11.8 Å². The van der Waals surface area contributed by atoms with Crippen LogP contribution in [0.25, 0.3) is 0 Å². The van der Waals surface area contributed by atoms with Crippen LogP contribution in [0.4, 0.5) is 0 Å². The fourth-order valence-electron chi connectivity index (χ4n) is 12.6. The molecule has 3 aliphatic heterocycles. The third-order valence-electron chi connectivity index (χ3n) is 13.9. The molecule has 7 rings (SSSR count). The van der Waals surface area contributed by atoms with Gasteiger partial charge in [0.05, 0.1) is 17.1 Å². The summed E-state index contributed by atoms with van der Waals surface area (Å²) in [6, 6.07) is -0.248. The van der Waals surface area contributed by atoms with E-state index in [1.807, 2.05) is 6.92 Å². The lowest BCUT2D eigenvalue weighted by Gasteiger charge is -2.64. The maximum absolute atomic E-state index is 13.6. The highest BCUT2D eigenvalue weighted by Crippen LogP contribution is 2.77. The maximum atomic E-state index is 13.6. The molecule has 4 saturated carbocycles. The van der Waals surface area contributed by atoms with Crippen LogP contribution in [0.3, 0.4) is 0 Å². The number of piperidine rings is 2. The monoisotopic (exact) mass is 677 g/mol. The summed E-state index contributed by atoms with van der Waals surface area (Å²) in [7, 11) is 0. The van der Waals surface area contributed by atoms with E-state index < -0.39 is 106 Å². The smallest absolute Gasteiger partial charge is 0.303 e. The molecule has 4 aliphatic carbocycles.